The molecule has 2 atom stereocenters. The van der Waals surface area contributed by atoms with Crippen molar-refractivity contribution in [3.63, 3.8) is 0 Å². The van der Waals surface area contributed by atoms with Crippen molar-refractivity contribution in [1.29, 1.82) is 0 Å². The van der Waals surface area contributed by atoms with E-state index in [9.17, 15) is 0 Å². The number of benzene rings is 1. The second-order valence-corrected chi connectivity index (χ2v) is 8.52. The summed E-state index contributed by atoms with van der Waals surface area (Å²) in [5, 5.41) is 8.72. The molecule has 0 amide bonds. The molecule has 0 spiro atoms. The van der Waals surface area contributed by atoms with Gasteiger partial charge >= 0.3 is 0 Å². The third-order valence-electron chi connectivity index (χ3n) is 4.53. The highest BCUT2D eigenvalue weighted by Crippen LogP contribution is 2.25. The number of likely N-dealkylation sites (tertiary alicyclic amines) is 1. The average molecular weight is 392 g/mol. The molecule has 3 heterocycles. The number of halogens is 1. The number of nitrogens with one attached hydrogen (secondary N) is 1. The highest BCUT2D eigenvalue weighted by molar-refractivity contribution is 9.10. The molecule has 0 radical (unpaired) electrons. The Morgan fingerprint density at radius 2 is 2.30 bits per heavy atom. The Morgan fingerprint density at radius 3 is 3.13 bits per heavy atom. The van der Waals surface area contributed by atoms with Gasteiger partial charge in [-0.3, -0.25) is 4.40 Å². The van der Waals surface area contributed by atoms with Crippen LogP contribution < -0.4 is 4.90 Å². The third kappa shape index (κ3) is 3.20. The van der Waals surface area contributed by atoms with Crippen LogP contribution in [-0.4, -0.2) is 27.7 Å². The standard InChI is InChI=1S/C17H19BrN4S/c1-12-4-3-7-21(9-12)10-15-11-22-16(19-20-17(22)23-15)13-5-2-6-14(18)8-13/h2,5-6,8,11-12H,3-4,7,9-10H2,1H3/p+1/t12-/m1/s1. The molecule has 3 aromatic rings. The number of thiazole rings is 1. The van der Waals surface area contributed by atoms with Gasteiger partial charge in [0.25, 0.3) is 0 Å². The molecule has 0 bridgehead atoms. The molecule has 1 unspecified atom stereocenters. The second-order valence-electron chi connectivity index (χ2n) is 6.51. The first kappa shape index (κ1) is 15.3. The Balaban J connectivity index is 1.61. The summed E-state index contributed by atoms with van der Waals surface area (Å²) in [6.45, 7) is 6.06. The summed E-state index contributed by atoms with van der Waals surface area (Å²) in [6.07, 6.45) is 4.96. The van der Waals surface area contributed by atoms with Crippen molar-refractivity contribution in [2.24, 2.45) is 5.92 Å². The monoisotopic (exact) mass is 391 g/mol. The highest BCUT2D eigenvalue weighted by atomic mass is 79.9. The summed E-state index contributed by atoms with van der Waals surface area (Å²) < 4.78 is 3.20. The van der Waals surface area contributed by atoms with Crippen LogP contribution >= 0.6 is 27.3 Å². The number of hydrogen-bond acceptors (Lipinski definition) is 3. The molecule has 2 aromatic heterocycles. The lowest BCUT2D eigenvalue weighted by Crippen LogP contribution is -3.12. The molecule has 0 aliphatic carbocycles. The first-order valence-electron chi connectivity index (χ1n) is 8.12. The molecular formula is C17H20BrN4S+. The Labute approximate surface area is 148 Å². The SMILES string of the molecule is C[C@@H]1CCC[NH+](Cc2cn3c(-c4cccc(Br)c4)nnc3s2)C1. The summed E-state index contributed by atoms with van der Waals surface area (Å²) in [7, 11) is 0. The van der Waals surface area contributed by atoms with Crippen molar-refractivity contribution < 1.29 is 4.90 Å². The van der Waals surface area contributed by atoms with E-state index in [0.29, 0.717) is 0 Å². The van der Waals surface area contributed by atoms with Gasteiger partial charge in [0.2, 0.25) is 4.96 Å². The Hall–Kier alpha value is -1.24. The fourth-order valence-electron chi connectivity index (χ4n) is 3.46. The van der Waals surface area contributed by atoms with E-state index in [0.717, 1.165) is 33.3 Å². The molecule has 1 N–H and O–H groups in total. The molecule has 1 aliphatic rings. The van der Waals surface area contributed by atoms with Crippen LogP contribution in [0.1, 0.15) is 24.6 Å². The van der Waals surface area contributed by atoms with E-state index in [1.54, 1.807) is 16.2 Å². The van der Waals surface area contributed by atoms with Gasteiger partial charge in [-0.25, -0.2) is 0 Å². The molecule has 4 rings (SSSR count). The number of hydrogen-bond donors (Lipinski definition) is 1. The molecule has 1 fully saturated rings. The third-order valence-corrected chi connectivity index (χ3v) is 6.00. The predicted octanol–water partition coefficient (Wildman–Crippen LogP) is 3.04. The van der Waals surface area contributed by atoms with E-state index in [2.05, 4.69) is 55.8 Å². The van der Waals surface area contributed by atoms with Crippen LogP contribution in [-0.2, 0) is 6.54 Å². The first-order valence-corrected chi connectivity index (χ1v) is 9.73. The number of quaternary nitrogens is 1. The van der Waals surface area contributed by atoms with E-state index in [1.165, 1.54) is 30.8 Å². The first-order chi connectivity index (χ1) is 11.2. The number of fused-ring (bicyclic) bond motifs is 1. The topological polar surface area (TPSA) is 34.6 Å². The van der Waals surface area contributed by atoms with Crippen LogP contribution in [0.4, 0.5) is 0 Å². The van der Waals surface area contributed by atoms with Gasteiger partial charge in [-0.1, -0.05) is 46.3 Å². The van der Waals surface area contributed by atoms with Gasteiger partial charge in [0.05, 0.1) is 18.0 Å². The largest absolute Gasteiger partial charge is 0.330 e. The number of rotatable bonds is 3. The average Bonchev–Trinajstić information content (AvgIpc) is 3.07. The molecule has 120 valence electrons. The minimum atomic E-state index is 0.849. The normalized spacial score (nSPS) is 21.8. The minimum Gasteiger partial charge on any atom is -0.330 e. The van der Waals surface area contributed by atoms with Crippen LogP contribution in [0.5, 0.6) is 0 Å². The van der Waals surface area contributed by atoms with Crippen molar-refractivity contribution >= 4 is 32.2 Å². The van der Waals surface area contributed by atoms with Gasteiger partial charge in [0, 0.05) is 22.2 Å². The van der Waals surface area contributed by atoms with E-state index in [4.69, 9.17) is 0 Å². The molecule has 0 saturated carbocycles. The van der Waals surface area contributed by atoms with Gasteiger partial charge in [-0.05, 0) is 25.0 Å². The molecule has 6 heteroatoms. The van der Waals surface area contributed by atoms with Gasteiger partial charge in [-0.15, -0.1) is 10.2 Å². The quantitative estimate of drug-likeness (QED) is 0.744. The van der Waals surface area contributed by atoms with E-state index < -0.39 is 0 Å². The lowest BCUT2D eigenvalue weighted by molar-refractivity contribution is -0.921. The van der Waals surface area contributed by atoms with Crippen LogP contribution in [0.25, 0.3) is 16.3 Å². The lowest BCUT2D eigenvalue weighted by atomic mass is 10.0. The molecule has 1 aromatic carbocycles. The molecule has 23 heavy (non-hydrogen) atoms. The zero-order valence-corrected chi connectivity index (χ0v) is 15.5. The predicted molar refractivity (Wildman–Crippen MR) is 96.8 cm³/mol. The Morgan fingerprint density at radius 1 is 1.39 bits per heavy atom. The summed E-state index contributed by atoms with van der Waals surface area (Å²) in [5.41, 5.74) is 1.09. The summed E-state index contributed by atoms with van der Waals surface area (Å²) in [4.78, 5) is 4.08. The second kappa shape index (κ2) is 6.34. The van der Waals surface area contributed by atoms with Gasteiger partial charge in [0.1, 0.15) is 6.54 Å². The fourth-order valence-corrected chi connectivity index (χ4v) is 4.85. The maximum absolute atomic E-state index is 4.36. The van der Waals surface area contributed by atoms with Crippen molar-refractivity contribution in [2.45, 2.75) is 26.3 Å². The van der Waals surface area contributed by atoms with Gasteiger partial charge in [-0.2, -0.15) is 0 Å². The highest BCUT2D eigenvalue weighted by Gasteiger charge is 2.21. The van der Waals surface area contributed by atoms with E-state index >= 15 is 0 Å². The van der Waals surface area contributed by atoms with Crippen molar-refractivity contribution in [1.82, 2.24) is 14.6 Å². The number of nitrogens with zero attached hydrogens (tertiary/aromatic N) is 3. The van der Waals surface area contributed by atoms with Crippen LogP contribution in [0.2, 0.25) is 0 Å². The molecule has 1 aliphatic heterocycles. The maximum Gasteiger partial charge on any atom is 0.216 e. The van der Waals surface area contributed by atoms with Crippen LogP contribution in [0, 0.1) is 5.92 Å². The Bertz CT molecular complexity index is 825. The smallest absolute Gasteiger partial charge is 0.216 e. The Kier molecular flexibility index (Phi) is 4.22. The van der Waals surface area contributed by atoms with E-state index in [-0.39, 0.29) is 0 Å². The van der Waals surface area contributed by atoms with Crippen molar-refractivity contribution in [3.8, 4) is 11.4 Å². The number of aromatic nitrogens is 3. The zero-order chi connectivity index (χ0) is 15.8. The van der Waals surface area contributed by atoms with Crippen molar-refractivity contribution in [3.05, 3.63) is 39.8 Å². The van der Waals surface area contributed by atoms with Gasteiger partial charge in [0.15, 0.2) is 5.82 Å². The summed E-state index contributed by atoms with van der Waals surface area (Å²) in [5.74, 6) is 1.77. The summed E-state index contributed by atoms with van der Waals surface area (Å²) >= 11 is 5.30. The van der Waals surface area contributed by atoms with Crippen LogP contribution in [0.15, 0.2) is 34.9 Å². The lowest BCUT2D eigenvalue weighted by Gasteiger charge is -2.27. The fraction of sp³-hybridized carbons (Fsp3) is 0.412. The van der Waals surface area contributed by atoms with Crippen molar-refractivity contribution in [2.75, 3.05) is 13.1 Å². The summed E-state index contributed by atoms with van der Waals surface area (Å²) in [6, 6.07) is 8.23. The molecule has 4 nitrogen and oxygen atoms in total. The van der Waals surface area contributed by atoms with E-state index in [1.807, 2.05) is 12.1 Å². The maximum atomic E-state index is 4.36. The minimum absolute atomic E-state index is 0.849. The molecule has 1 saturated heterocycles. The zero-order valence-electron chi connectivity index (χ0n) is 13.1. The van der Waals surface area contributed by atoms with Crippen LogP contribution in [0.3, 0.4) is 0 Å². The number of piperidine rings is 1. The van der Waals surface area contributed by atoms with Gasteiger partial charge < -0.3 is 4.90 Å². The molecular weight excluding hydrogens is 372 g/mol.